The minimum Gasteiger partial charge on any atom is -0.494 e. The smallest absolute Gasteiger partial charge is 0.141 e. The van der Waals surface area contributed by atoms with E-state index in [0.717, 1.165) is 15.6 Å². The third-order valence-corrected chi connectivity index (χ3v) is 4.05. The maximum Gasteiger partial charge on any atom is 0.141 e. The van der Waals surface area contributed by atoms with E-state index in [-0.39, 0.29) is 5.02 Å². The molecular weight excluding hydrogens is 366 g/mol. The molecule has 1 atom stereocenters. The van der Waals surface area contributed by atoms with Gasteiger partial charge in [-0.05, 0) is 42.8 Å². The number of ether oxygens (including phenoxy) is 1. The number of hydrogen-bond donors (Lipinski definition) is 0. The van der Waals surface area contributed by atoms with Gasteiger partial charge in [-0.2, -0.15) is 0 Å². The van der Waals surface area contributed by atoms with E-state index in [1.54, 1.807) is 6.07 Å². The summed E-state index contributed by atoms with van der Waals surface area (Å²) >= 11 is 15.7. The zero-order valence-electron chi connectivity index (χ0n) is 10.7. The second-order valence-corrected chi connectivity index (χ2v) is 5.91. The van der Waals surface area contributed by atoms with Crippen molar-refractivity contribution in [1.82, 2.24) is 0 Å². The predicted octanol–water partition coefficient (Wildman–Crippen LogP) is 5.97. The van der Waals surface area contributed by atoms with Crippen molar-refractivity contribution in [2.75, 3.05) is 6.61 Å². The lowest BCUT2D eigenvalue weighted by Crippen LogP contribution is -2.00. The standard InChI is InChI=1S/C15H12BrCl2FO/c1-2-20-14-6-4-10(16)8-11(14)15(18)9-3-5-13(19)12(17)7-9/h3-8,15H,2H2,1H3. The maximum atomic E-state index is 13.2. The Morgan fingerprint density at radius 3 is 2.65 bits per heavy atom. The quantitative estimate of drug-likeness (QED) is 0.596. The Labute approximate surface area is 135 Å². The van der Waals surface area contributed by atoms with Gasteiger partial charge in [-0.15, -0.1) is 11.6 Å². The van der Waals surface area contributed by atoms with E-state index in [1.165, 1.54) is 12.1 Å². The molecule has 0 spiro atoms. The van der Waals surface area contributed by atoms with Crippen molar-refractivity contribution in [1.29, 1.82) is 0 Å². The lowest BCUT2D eigenvalue weighted by Gasteiger charge is -2.16. The van der Waals surface area contributed by atoms with Crippen LogP contribution >= 0.6 is 39.1 Å². The average molecular weight is 378 g/mol. The molecule has 0 N–H and O–H groups in total. The molecule has 0 aliphatic rings. The molecule has 0 bridgehead atoms. The van der Waals surface area contributed by atoms with Crippen LogP contribution in [0.5, 0.6) is 5.75 Å². The topological polar surface area (TPSA) is 9.23 Å². The highest BCUT2D eigenvalue weighted by Crippen LogP contribution is 2.37. The number of alkyl halides is 1. The molecule has 2 aromatic rings. The summed E-state index contributed by atoms with van der Waals surface area (Å²) in [6, 6.07) is 10.1. The lowest BCUT2D eigenvalue weighted by molar-refractivity contribution is 0.337. The monoisotopic (exact) mass is 376 g/mol. The molecule has 0 aliphatic carbocycles. The van der Waals surface area contributed by atoms with Gasteiger partial charge in [-0.25, -0.2) is 4.39 Å². The predicted molar refractivity (Wildman–Crippen MR) is 84.4 cm³/mol. The van der Waals surface area contributed by atoms with E-state index >= 15 is 0 Å². The fourth-order valence-corrected chi connectivity index (χ4v) is 2.73. The van der Waals surface area contributed by atoms with Gasteiger partial charge in [0.05, 0.1) is 17.0 Å². The average Bonchev–Trinajstić information content (AvgIpc) is 2.43. The molecular formula is C15H12BrCl2FO. The first-order valence-electron chi connectivity index (χ1n) is 6.04. The van der Waals surface area contributed by atoms with Crippen LogP contribution in [0.15, 0.2) is 40.9 Å². The van der Waals surface area contributed by atoms with Crippen LogP contribution in [0.3, 0.4) is 0 Å². The minimum absolute atomic E-state index is 0.0566. The molecule has 0 radical (unpaired) electrons. The summed E-state index contributed by atoms with van der Waals surface area (Å²) in [4.78, 5) is 0. The summed E-state index contributed by atoms with van der Waals surface area (Å²) in [5.41, 5.74) is 1.53. The van der Waals surface area contributed by atoms with Gasteiger partial charge in [0, 0.05) is 10.0 Å². The fourth-order valence-electron chi connectivity index (χ4n) is 1.85. The Morgan fingerprint density at radius 2 is 2.00 bits per heavy atom. The van der Waals surface area contributed by atoms with Gasteiger partial charge in [0.2, 0.25) is 0 Å². The van der Waals surface area contributed by atoms with Crippen molar-refractivity contribution in [2.24, 2.45) is 0 Å². The van der Waals surface area contributed by atoms with Gasteiger partial charge in [-0.1, -0.05) is 33.6 Å². The highest BCUT2D eigenvalue weighted by molar-refractivity contribution is 9.10. The van der Waals surface area contributed by atoms with Crippen LogP contribution in [0.25, 0.3) is 0 Å². The number of hydrogen-bond acceptors (Lipinski definition) is 1. The molecule has 2 rings (SSSR count). The zero-order chi connectivity index (χ0) is 14.7. The Bertz CT molecular complexity index is 619. The van der Waals surface area contributed by atoms with Crippen molar-refractivity contribution in [3.05, 3.63) is 62.8 Å². The molecule has 0 fully saturated rings. The van der Waals surface area contributed by atoms with E-state index in [2.05, 4.69) is 15.9 Å². The lowest BCUT2D eigenvalue weighted by atomic mass is 10.0. The van der Waals surface area contributed by atoms with Crippen molar-refractivity contribution >= 4 is 39.1 Å². The van der Waals surface area contributed by atoms with Crippen LogP contribution in [-0.4, -0.2) is 6.61 Å². The summed E-state index contributed by atoms with van der Waals surface area (Å²) in [5, 5.41) is -0.409. The molecule has 5 heteroatoms. The Hall–Kier alpha value is -0.770. The molecule has 1 unspecified atom stereocenters. The first-order chi connectivity index (χ1) is 9.52. The molecule has 0 saturated carbocycles. The normalized spacial score (nSPS) is 12.2. The molecule has 0 aromatic heterocycles. The van der Waals surface area contributed by atoms with Crippen LogP contribution in [0.2, 0.25) is 5.02 Å². The summed E-state index contributed by atoms with van der Waals surface area (Å²) in [6.45, 7) is 2.45. The van der Waals surface area contributed by atoms with Gasteiger partial charge >= 0.3 is 0 Å². The van der Waals surface area contributed by atoms with Crippen LogP contribution in [0.1, 0.15) is 23.4 Å². The Balaban J connectivity index is 2.43. The fraction of sp³-hybridized carbons (Fsp3) is 0.200. The van der Waals surface area contributed by atoms with Crippen molar-refractivity contribution in [2.45, 2.75) is 12.3 Å². The minimum atomic E-state index is -0.466. The molecule has 2 aromatic carbocycles. The second-order valence-electron chi connectivity index (χ2n) is 4.15. The first-order valence-corrected chi connectivity index (χ1v) is 7.65. The van der Waals surface area contributed by atoms with Crippen LogP contribution in [0, 0.1) is 5.82 Å². The van der Waals surface area contributed by atoms with Crippen LogP contribution in [-0.2, 0) is 0 Å². The van der Waals surface area contributed by atoms with Crippen LogP contribution < -0.4 is 4.74 Å². The molecule has 1 nitrogen and oxygen atoms in total. The van der Waals surface area contributed by atoms with Gasteiger partial charge < -0.3 is 4.74 Å². The Kier molecular flexibility index (Phi) is 5.30. The zero-order valence-corrected chi connectivity index (χ0v) is 13.8. The van der Waals surface area contributed by atoms with Crippen LogP contribution in [0.4, 0.5) is 4.39 Å². The SMILES string of the molecule is CCOc1ccc(Br)cc1C(Cl)c1ccc(F)c(Cl)c1. The number of benzene rings is 2. The van der Waals surface area contributed by atoms with Gasteiger partial charge in [0.15, 0.2) is 0 Å². The van der Waals surface area contributed by atoms with E-state index in [1.807, 2.05) is 25.1 Å². The Morgan fingerprint density at radius 1 is 1.25 bits per heavy atom. The number of halogens is 4. The number of rotatable bonds is 4. The highest BCUT2D eigenvalue weighted by Gasteiger charge is 2.17. The van der Waals surface area contributed by atoms with E-state index < -0.39 is 11.2 Å². The molecule has 0 saturated heterocycles. The van der Waals surface area contributed by atoms with E-state index in [4.69, 9.17) is 27.9 Å². The summed E-state index contributed by atoms with van der Waals surface area (Å²) in [6.07, 6.45) is 0. The third kappa shape index (κ3) is 3.46. The molecule has 0 aliphatic heterocycles. The van der Waals surface area contributed by atoms with E-state index in [9.17, 15) is 4.39 Å². The van der Waals surface area contributed by atoms with Gasteiger partial charge in [0.25, 0.3) is 0 Å². The molecule has 0 heterocycles. The van der Waals surface area contributed by atoms with Gasteiger partial charge in [0.1, 0.15) is 11.6 Å². The van der Waals surface area contributed by atoms with Gasteiger partial charge in [-0.3, -0.25) is 0 Å². The van der Waals surface area contributed by atoms with Crippen molar-refractivity contribution in [3.63, 3.8) is 0 Å². The third-order valence-electron chi connectivity index (χ3n) is 2.78. The highest BCUT2D eigenvalue weighted by atomic mass is 79.9. The van der Waals surface area contributed by atoms with Crippen molar-refractivity contribution in [3.8, 4) is 5.75 Å². The molecule has 20 heavy (non-hydrogen) atoms. The van der Waals surface area contributed by atoms with E-state index in [0.29, 0.717) is 12.4 Å². The maximum absolute atomic E-state index is 13.2. The summed E-state index contributed by atoms with van der Waals surface area (Å²) < 4.78 is 19.7. The molecule has 106 valence electrons. The van der Waals surface area contributed by atoms with Crippen molar-refractivity contribution < 1.29 is 9.13 Å². The first kappa shape index (κ1) is 15.6. The summed E-state index contributed by atoms with van der Waals surface area (Å²) in [5.74, 6) is 0.245. The summed E-state index contributed by atoms with van der Waals surface area (Å²) in [7, 11) is 0. The molecule has 0 amide bonds. The largest absolute Gasteiger partial charge is 0.494 e. The second kappa shape index (κ2) is 6.79.